The fourth-order valence-corrected chi connectivity index (χ4v) is 2.21. The zero-order valence-electron chi connectivity index (χ0n) is 12.8. The van der Waals surface area contributed by atoms with Gasteiger partial charge in [-0.15, -0.1) is 0 Å². The predicted molar refractivity (Wildman–Crippen MR) is 84.1 cm³/mol. The van der Waals surface area contributed by atoms with Crippen LogP contribution in [0.15, 0.2) is 36.4 Å². The Morgan fingerprint density at radius 1 is 1.10 bits per heavy atom. The van der Waals surface area contributed by atoms with E-state index in [9.17, 15) is 5.11 Å². The van der Waals surface area contributed by atoms with Gasteiger partial charge in [0, 0.05) is 10.9 Å². The highest BCUT2D eigenvalue weighted by atomic mass is 16.5. The van der Waals surface area contributed by atoms with Crippen molar-refractivity contribution in [2.24, 2.45) is 5.41 Å². The van der Waals surface area contributed by atoms with Crippen LogP contribution in [0.4, 0.5) is 0 Å². The molecule has 1 atom stereocenters. The van der Waals surface area contributed by atoms with Crippen LogP contribution in [0.25, 0.3) is 10.8 Å². The summed E-state index contributed by atoms with van der Waals surface area (Å²) >= 11 is 0. The molecule has 0 saturated heterocycles. The van der Waals surface area contributed by atoms with Crippen molar-refractivity contribution in [1.29, 1.82) is 0 Å². The van der Waals surface area contributed by atoms with E-state index in [0.717, 1.165) is 28.5 Å². The summed E-state index contributed by atoms with van der Waals surface area (Å²) < 4.78 is 6.03. The molecule has 0 aliphatic carbocycles. The summed E-state index contributed by atoms with van der Waals surface area (Å²) in [6.45, 7) is 9.05. The van der Waals surface area contributed by atoms with Gasteiger partial charge in [0.05, 0.1) is 12.7 Å². The maximum absolute atomic E-state index is 9.94. The maximum Gasteiger partial charge on any atom is 0.132 e. The lowest BCUT2D eigenvalue weighted by Crippen LogP contribution is -2.12. The van der Waals surface area contributed by atoms with Crippen molar-refractivity contribution in [3.63, 3.8) is 0 Å². The zero-order valence-corrected chi connectivity index (χ0v) is 12.8. The summed E-state index contributed by atoms with van der Waals surface area (Å²) in [5.74, 6) is 0.822. The Bertz CT molecular complexity index is 579. The Hall–Kier alpha value is -1.54. The lowest BCUT2D eigenvalue weighted by atomic mass is 9.93. The molecule has 0 fully saturated rings. The fourth-order valence-electron chi connectivity index (χ4n) is 2.21. The van der Waals surface area contributed by atoms with E-state index in [2.05, 4.69) is 26.8 Å². The van der Waals surface area contributed by atoms with Gasteiger partial charge in [0.15, 0.2) is 0 Å². The molecule has 2 heteroatoms. The summed E-state index contributed by atoms with van der Waals surface area (Å²) in [7, 11) is 0. The van der Waals surface area contributed by atoms with E-state index >= 15 is 0 Å². The van der Waals surface area contributed by atoms with Gasteiger partial charge in [-0.1, -0.05) is 57.2 Å². The minimum absolute atomic E-state index is 0.246. The second kappa shape index (κ2) is 5.84. The minimum Gasteiger partial charge on any atom is -0.493 e. The molecule has 108 valence electrons. The molecule has 0 bridgehead atoms. The van der Waals surface area contributed by atoms with Gasteiger partial charge >= 0.3 is 0 Å². The second-order valence-electron chi connectivity index (χ2n) is 6.54. The van der Waals surface area contributed by atoms with Gasteiger partial charge in [-0.3, -0.25) is 0 Å². The number of hydrogen-bond acceptors (Lipinski definition) is 2. The summed E-state index contributed by atoms with van der Waals surface area (Å²) in [4.78, 5) is 0. The third-order valence-corrected chi connectivity index (χ3v) is 3.46. The number of fused-ring (bicyclic) bond motifs is 1. The molecular weight excluding hydrogens is 248 g/mol. The molecule has 0 aromatic heterocycles. The molecular formula is C18H24O2. The standard InChI is InChI=1S/C18H24O2/c1-13(19)15-10-9-14-7-5-6-8-16(14)17(15)20-12-11-18(2,3)4/h5-10,13,19H,11-12H2,1-4H3. The lowest BCUT2D eigenvalue weighted by Gasteiger charge is -2.20. The van der Waals surface area contributed by atoms with Crippen LogP contribution in [0.3, 0.4) is 0 Å². The van der Waals surface area contributed by atoms with Crippen molar-refractivity contribution >= 4 is 10.8 Å². The van der Waals surface area contributed by atoms with Gasteiger partial charge in [-0.2, -0.15) is 0 Å². The molecule has 0 radical (unpaired) electrons. The van der Waals surface area contributed by atoms with Gasteiger partial charge in [-0.25, -0.2) is 0 Å². The molecule has 2 aromatic carbocycles. The highest BCUT2D eigenvalue weighted by Crippen LogP contribution is 2.34. The first-order chi connectivity index (χ1) is 9.38. The van der Waals surface area contributed by atoms with Crippen molar-refractivity contribution in [3.8, 4) is 5.75 Å². The Balaban J connectivity index is 2.35. The number of benzene rings is 2. The topological polar surface area (TPSA) is 29.5 Å². The minimum atomic E-state index is -0.524. The van der Waals surface area contributed by atoms with Crippen LogP contribution in [-0.4, -0.2) is 11.7 Å². The molecule has 0 aliphatic rings. The van der Waals surface area contributed by atoms with Crippen molar-refractivity contribution in [3.05, 3.63) is 42.0 Å². The predicted octanol–water partition coefficient (Wildman–Crippen LogP) is 4.71. The van der Waals surface area contributed by atoms with Crippen LogP contribution < -0.4 is 4.74 Å². The molecule has 0 amide bonds. The van der Waals surface area contributed by atoms with E-state index < -0.39 is 6.10 Å². The molecule has 0 heterocycles. The average Bonchev–Trinajstić information content (AvgIpc) is 2.37. The van der Waals surface area contributed by atoms with Crippen molar-refractivity contribution in [2.75, 3.05) is 6.61 Å². The van der Waals surface area contributed by atoms with Crippen LogP contribution >= 0.6 is 0 Å². The van der Waals surface area contributed by atoms with Crippen molar-refractivity contribution in [2.45, 2.75) is 40.2 Å². The van der Waals surface area contributed by atoms with E-state index in [1.165, 1.54) is 0 Å². The quantitative estimate of drug-likeness (QED) is 0.873. The van der Waals surface area contributed by atoms with Gasteiger partial charge in [-0.05, 0) is 24.1 Å². The first kappa shape index (κ1) is 14.9. The maximum atomic E-state index is 9.94. The largest absolute Gasteiger partial charge is 0.493 e. The molecule has 1 unspecified atom stereocenters. The fraction of sp³-hybridized carbons (Fsp3) is 0.444. The number of aliphatic hydroxyl groups excluding tert-OH is 1. The molecule has 20 heavy (non-hydrogen) atoms. The average molecular weight is 272 g/mol. The van der Waals surface area contributed by atoms with E-state index in [4.69, 9.17) is 4.74 Å². The number of hydrogen-bond donors (Lipinski definition) is 1. The van der Waals surface area contributed by atoms with E-state index in [0.29, 0.717) is 6.61 Å². The first-order valence-corrected chi connectivity index (χ1v) is 7.21. The molecule has 0 aliphatic heterocycles. The number of rotatable bonds is 4. The van der Waals surface area contributed by atoms with Crippen LogP contribution in [0.5, 0.6) is 5.75 Å². The molecule has 2 nitrogen and oxygen atoms in total. The Kier molecular flexibility index (Phi) is 4.34. The van der Waals surface area contributed by atoms with Gasteiger partial charge in [0.2, 0.25) is 0 Å². The summed E-state index contributed by atoms with van der Waals surface area (Å²) in [5.41, 5.74) is 1.10. The van der Waals surface area contributed by atoms with Crippen molar-refractivity contribution < 1.29 is 9.84 Å². The molecule has 1 N–H and O–H groups in total. The monoisotopic (exact) mass is 272 g/mol. The third kappa shape index (κ3) is 3.51. The highest BCUT2D eigenvalue weighted by molar-refractivity contribution is 5.89. The van der Waals surface area contributed by atoms with E-state index in [1.807, 2.05) is 30.3 Å². The Morgan fingerprint density at radius 3 is 2.45 bits per heavy atom. The third-order valence-electron chi connectivity index (χ3n) is 3.46. The smallest absolute Gasteiger partial charge is 0.132 e. The molecule has 2 rings (SSSR count). The van der Waals surface area contributed by atoms with Crippen LogP contribution in [0.1, 0.15) is 45.8 Å². The van der Waals surface area contributed by atoms with Gasteiger partial charge in [0.25, 0.3) is 0 Å². The van der Waals surface area contributed by atoms with Crippen LogP contribution in [-0.2, 0) is 0 Å². The first-order valence-electron chi connectivity index (χ1n) is 7.21. The Morgan fingerprint density at radius 2 is 1.80 bits per heavy atom. The second-order valence-corrected chi connectivity index (χ2v) is 6.54. The van der Waals surface area contributed by atoms with E-state index in [-0.39, 0.29) is 5.41 Å². The SMILES string of the molecule is CC(O)c1ccc2ccccc2c1OCCC(C)(C)C. The van der Waals surface area contributed by atoms with Gasteiger partial charge in [0.1, 0.15) is 5.75 Å². The van der Waals surface area contributed by atoms with Crippen LogP contribution in [0, 0.1) is 5.41 Å². The number of ether oxygens (including phenoxy) is 1. The van der Waals surface area contributed by atoms with E-state index in [1.54, 1.807) is 6.92 Å². The van der Waals surface area contributed by atoms with Crippen LogP contribution in [0.2, 0.25) is 0 Å². The lowest BCUT2D eigenvalue weighted by molar-refractivity contribution is 0.187. The molecule has 2 aromatic rings. The Labute approximate surface area is 121 Å². The molecule has 0 saturated carbocycles. The summed E-state index contributed by atoms with van der Waals surface area (Å²) in [6.07, 6.45) is 0.458. The number of aliphatic hydroxyl groups is 1. The highest BCUT2D eigenvalue weighted by Gasteiger charge is 2.15. The summed E-state index contributed by atoms with van der Waals surface area (Å²) in [5, 5.41) is 12.2. The van der Waals surface area contributed by atoms with Gasteiger partial charge < -0.3 is 9.84 Å². The normalized spacial score (nSPS) is 13.4. The summed E-state index contributed by atoms with van der Waals surface area (Å²) in [6, 6.07) is 12.1. The zero-order chi connectivity index (χ0) is 14.8. The molecule has 0 spiro atoms. The van der Waals surface area contributed by atoms with Crippen molar-refractivity contribution in [1.82, 2.24) is 0 Å².